The molecule has 0 aromatic carbocycles. The largest absolute Gasteiger partial charge is 0.396 e. The van der Waals surface area contributed by atoms with Crippen LogP contribution in [0, 0.1) is 5.92 Å². The van der Waals surface area contributed by atoms with E-state index in [0.717, 1.165) is 13.1 Å². The molecule has 3 nitrogen and oxygen atoms in total. The lowest BCUT2D eigenvalue weighted by molar-refractivity contribution is 0.222. The normalized spacial score (nSPS) is 13.4. The van der Waals surface area contributed by atoms with Crippen molar-refractivity contribution in [2.75, 3.05) is 6.61 Å². The van der Waals surface area contributed by atoms with E-state index in [1.807, 2.05) is 0 Å². The lowest BCUT2D eigenvalue weighted by atomic mass is 10.2. The molecule has 0 aliphatic heterocycles. The topological polar surface area (TPSA) is 37.2 Å². The average molecular weight is 210 g/mol. The number of aliphatic hydroxyl groups is 1. The molecule has 86 valence electrons. The fraction of sp³-hybridized carbons (Fsp3) is 0.667. The predicted molar refractivity (Wildman–Crippen MR) is 62.7 cm³/mol. The van der Waals surface area contributed by atoms with Gasteiger partial charge in [-0.25, -0.2) is 0 Å². The predicted octanol–water partition coefficient (Wildman–Crippen LogP) is 1.61. The molecule has 1 aromatic rings. The molecule has 15 heavy (non-hydrogen) atoms. The minimum atomic E-state index is 0.245. The Labute approximate surface area is 92.1 Å². The van der Waals surface area contributed by atoms with Gasteiger partial charge in [-0.1, -0.05) is 20.8 Å². The summed E-state index contributed by atoms with van der Waals surface area (Å²) >= 11 is 0. The van der Waals surface area contributed by atoms with Crippen molar-refractivity contribution in [3.8, 4) is 0 Å². The molecule has 0 amide bonds. The second-order valence-corrected chi connectivity index (χ2v) is 4.48. The van der Waals surface area contributed by atoms with Crippen molar-refractivity contribution in [1.82, 2.24) is 9.88 Å². The Balaban J connectivity index is 2.53. The molecule has 0 saturated carbocycles. The molecule has 0 aliphatic rings. The first kappa shape index (κ1) is 12.3. The monoisotopic (exact) mass is 210 g/mol. The number of nitrogens with zero attached hydrogens (tertiary/aromatic N) is 1. The van der Waals surface area contributed by atoms with Crippen molar-refractivity contribution in [2.24, 2.45) is 5.92 Å². The van der Waals surface area contributed by atoms with Crippen LogP contribution >= 0.6 is 0 Å². The summed E-state index contributed by atoms with van der Waals surface area (Å²) in [6.45, 7) is 8.36. The second kappa shape index (κ2) is 5.93. The summed E-state index contributed by atoms with van der Waals surface area (Å²) in [5.41, 5.74) is 1.28. The minimum Gasteiger partial charge on any atom is -0.396 e. The molecule has 1 aromatic heterocycles. The summed E-state index contributed by atoms with van der Waals surface area (Å²) in [5.74, 6) is 0.315. The number of rotatable bonds is 6. The number of hydrogen-bond acceptors (Lipinski definition) is 2. The summed E-state index contributed by atoms with van der Waals surface area (Å²) in [7, 11) is 0. The van der Waals surface area contributed by atoms with Crippen LogP contribution in [0.1, 0.15) is 26.5 Å². The van der Waals surface area contributed by atoms with E-state index < -0.39 is 0 Å². The Morgan fingerprint density at radius 1 is 1.40 bits per heavy atom. The van der Waals surface area contributed by atoms with Gasteiger partial charge in [-0.15, -0.1) is 0 Å². The lowest BCUT2D eigenvalue weighted by Gasteiger charge is -2.14. The van der Waals surface area contributed by atoms with Crippen LogP contribution in [0.15, 0.2) is 18.3 Å². The lowest BCUT2D eigenvalue weighted by Crippen LogP contribution is -2.24. The zero-order chi connectivity index (χ0) is 11.3. The Bertz CT molecular complexity index is 281. The van der Waals surface area contributed by atoms with Crippen molar-refractivity contribution in [1.29, 1.82) is 0 Å². The highest BCUT2D eigenvalue weighted by Gasteiger charge is 2.05. The van der Waals surface area contributed by atoms with Gasteiger partial charge >= 0.3 is 0 Å². The quantitative estimate of drug-likeness (QED) is 0.748. The van der Waals surface area contributed by atoms with Gasteiger partial charge < -0.3 is 15.0 Å². The first-order chi connectivity index (χ1) is 7.13. The highest BCUT2D eigenvalue weighted by Crippen LogP contribution is 2.06. The van der Waals surface area contributed by atoms with Crippen molar-refractivity contribution in [3.63, 3.8) is 0 Å². The van der Waals surface area contributed by atoms with E-state index in [1.54, 1.807) is 0 Å². The Kier molecular flexibility index (Phi) is 4.85. The zero-order valence-corrected chi connectivity index (χ0v) is 9.90. The van der Waals surface area contributed by atoms with E-state index in [1.165, 1.54) is 5.69 Å². The third kappa shape index (κ3) is 4.06. The standard InChI is InChI=1S/C12H22N2O/c1-10(2)13-7-12-5-4-6-14(12)8-11(3)9-15/h4-6,10-11,13,15H,7-9H2,1-3H3. The van der Waals surface area contributed by atoms with Crippen LogP contribution in [0.25, 0.3) is 0 Å². The van der Waals surface area contributed by atoms with Crippen LogP contribution in [0.2, 0.25) is 0 Å². The second-order valence-electron chi connectivity index (χ2n) is 4.48. The third-order valence-electron chi connectivity index (χ3n) is 2.44. The van der Waals surface area contributed by atoms with Crippen LogP contribution in [-0.4, -0.2) is 22.3 Å². The van der Waals surface area contributed by atoms with Crippen molar-refractivity contribution in [2.45, 2.75) is 39.9 Å². The van der Waals surface area contributed by atoms with Crippen LogP contribution in [0.3, 0.4) is 0 Å². The Hall–Kier alpha value is -0.800. The summed E-state index contributed by atoms with van der Waals surface area (Å²) in [4.78, 5) is 0. The van der Waals surface area contributed by atoms with E-state index in [9.17, 15) is 0 Å². The molecule has 0 spiro atoms. The molecule has 0 radical (unpaired) electrons. The van der Waals surface area contributed by atoms with Crippen molar-refractivity contribution >= 4 is 0 Å². The molecule has 3 heteroatoms. The van der Waals surface area contributed by atoms with E-state index in [4.69, 9.17) is 5.11 Å². The van der Waals surface area contributed by atoms with Gasteiger partial charge in [0.1, 0.15) is 0 Å². The zero-order valence-electron chi connectivity index (χ0n) is 9.90. The van der Waals surface area contributed by atoms with Gasteiger partial charge in [0.2, 0.25) is 0 Å². The first-order valence-electron chi connectivity index (χ1n) is 5.61. The Morgan fingerprint density at radius 2 is 2.13 bits per heavy atom. The van der Waals surface area contributed by atoms with Gasteiger partial charge in [-0.05, 0) is 18.1 Å². The highest BCUT2D eigenvalue weighted by molar-refractivity contribution is 5.07. The van der Waals surface area contributed by atoms with E-state index in [-0.39, 0.29) is 6.61 Å². The summed E-state index contributed by atoms with van der Waals surface area (Å²) in [6, 6.07) is 4.68. The van der Waals surface area contributed by atoms with E-state index >= 15 is 0 Å². The molecular weight excluding hydrogens is 188 g/mol. The fourth-order valence-corrected chi connectivity index (χ4v) is 1.49. The molecular formula is C12H22N2O. The fourth-order valence-electron chi connectivity index (χ4n) is 1.49. The van der Waals surface area contributed by atoms with Crippen LogP contribution in [-0.2, 0) is 13.1 Å². The number of nitrogens with one attached hydrogen (secondary N) is 1. The smallest absolute Gasteiger partial charge is 0.0473 e. The van der Waals surface area contributed by atoms with Gasteiger partial charge in [-0.2, -0.15) is 0 Å². The number of aromatic nitrogens is 1. The number of hydrogen-bond donors (Lipinski definition) is 2. The van der Waals surface area contributed by atoms with Crippen LogP contribution in [0.5, 0.6) is 0 Å². The van der Waals surface area contributed by atoms with Gasteiger partial charge in [-0.3, -0.25) is 0 Å². The van der Waals surface area contributed by atoms with Gasteiger partial charge in [0.05, 0.1) is 0 Å². The Morgan fingerprint density at radius 3 is 2.73 bits per heavy atom. The van der Waals surface area contributed by atoms with Crippen LogP contribution < -0.4 is 5.32 Å². The third-order valence-corrected chi connectivity index (χ3v) is 2.44. The minimum absolute atomic E-state index is 0.245. The summed E-state index contributed by atoms with van der Waals surface area (Å²) < 4.78 is 2.20. The molecule has 2 N–H and O–H groups in total. The van der Waals surface area contributed by atoms with Gasteiger partial charge in [0, 0.05) is 37.6 Å². The maximum atomic E-state index is 9.01. The maximum absolute atomic E-state index is 9.01. The van der Waals surface area contributed by atoms with Crippen molar-refractivity contribution < 1.29 is 5.11 Å². The maximum Gasteiger partial charge on any atom is 0.0473 e. The molecule has 1 heterocycles. The average Bonchev–Trinajstić information content (AvgIpc) is 2.62. The van der Waals surface area contributed by atoms with Gasteiger partial charge in [0.15, 0.2) is 0 Å². The first-order valence-corrected chi connectivity index (χ1v) is 5.61. The molecule has 0 bridgehead atoms. The molecule has 1 unspecified atom stereocenters. The summed E-state index contributed by atoms with van der Waals surface area (Å²) in [6.07, 6.45) is 2.07. The number of aliphatic hydroxyl groups excluding tert-OH is 1. The van der Waals surface area contributed by atoms with Crippen LogP contribution in [0.4, 0.5) is 0 Å². The van der Waals surface area contributed by atoms with E-state index in [2.05, 4.69) is 49.0 Å². The highest BCUT2D eigenvalue weighted by atomic mass is 16.3. The summed E-state index contributed by atoms with van der Waals surface area (Å²) in [5, 5.41) is 12.4. The molecule has 0 saturated heterocycles. The van der Waals surface area contributed by atoms with Gasteiger partial charge in [0.25, 0.3) is 0 Å². The molecule has 0 fully saturated rings. The molecule has 1 rings (SSSR count). The van der Waals surface area contributed by atoms with E-state index in [0.29, 0.717) is 12.0 Å². The van der Waals surface area contributed by atoms with Crippen molar-refractivity contribution in [3.05, 3.63) is 24.0 Å². The SMILES string of the molecule is CC(CO)Cn1cccc1CNC(C)C. The molecule has 1 atom stereocenters. The molecule has 0 aliphatic carbocycles.